The average Bonchev–Trinajstić information content (AvgIpc) is 2.96. The average molecular weight is 582 g/mol. The number of rotatable bonds is 7. The Morgan fingerprint density at radius 3 is 2.41 bits per heavy atom. The van der Waals surface area contributed by atoms with Crippen molar-refractivity contribution in [2.24, 2.45) is 4.99 Å². The first-order valence-electron chi connectivity index (χ1n) is 13.1. The van der Waals surface area contributed by atoms with E-state index in [2.05, 4.69) is 0 Å². The van der Waals surface area contributed by atoms with Crippen molar-refractivity contribution in [2.45, 2.75) is 0 Å². The zero-order chi connectivity index (χ0) is 28.7. The molecule has 0 aromatic heterocycles. The summed E-state index contributed by atoms with van der Waals surface area (Å²) in [7, 11) is 3.84. The van der Waals surface area contributed by atoms with Crippen LogP contribution in [0.15, 0.2) is 89.9 Å². The zero-order valence-corrected chi connectivity index (χ0v) is 23.9. The van der Waals surface area contributed by atoms with E-state index in [1.165, 1.54) is 4.90 Å². The van der Waals surface area contributed by atoms with Crippen LogP contribution in [0, 0.1) is 0 Å². The van der Waals surface area contributed by atoms with Gasteiger partial charge in [-0.05, 0) is 72.9 Å². The molecule has 5 aromatic carbocycles. The topological polar surface area (TPSA) is 62.2 Å². The summed E-state index contributed by atoms with van der Waals surface area (Å²) in [6, 6.07) is 26.0. The van der Waals surface area contributed by atoms with Gasteiger partial charge in [-0.1, -0.05) is 59.6 Å². The molecule has 6 nitrogen and oxygen atoms in total. The normalized spacial score (nSPS) is 13.2. The van der Waals surface area contributed by atoms with Crippen molar-refractivity contribution in [3.05, 3.63) is 112 Å². The number of likely N-dealkylation sites (N-methyl/N-ethyl adjacent to an activating group) is 1. The molecule has 0 unspecified atom stereocenters. The lowest BCUT2D eigenvalue weighted by Gasteiger charge is -2.29. The molecular formula is C33H25Cl2N3O3. The molecule has 8 heteroatoms. The molecule has 0 N–H and O–H groups in total. The van der Waals surface area contributed by atoms with Gasteiger partial charge in [0.2, 0.25) is 0 Å². The van der Waals surface area contributed by atoms with Crippen molar-refractivity contribution in [1.82, 2.24) is 9.80 Å². The van der Waals surface area contributed by atoms with Gasteiger partial charge in [0, 0.05) is 41.7 Å². The molecule has 2 amide bonds. The third kappa shape index (κ3) is 5.18. The van der Waals surface area contributed by atoms with Gasteiger partial charge >= 0.3 is 0 Å². The van der Waals surface area contributed by atoms with Crippen molar-refractivity contribution in [2.75, 3.05) is 27.2 Å². The van der Waals surface area contributed by atoms with Crippen molar-refractivity contribution in [1.29, 1.82) is 0 Å². The number of ether oxygens (including phenoxy) is 1. The van der Waals surface area contributed by atoms with Gasteiger partial charge in [0.15, 0.2) is 0 Å². The van der Waals surface area contributed by atoms with Gasteiger partial charge < -0.3 is 9.64 Å². The van der Waals surface area contributed by atoms with Crippen molar-refractivity contribution < 1.29 is 14.3 Å². The van der Waals surface area contributed by atoms with E-state index in [0.717, 1.165) is 21.7 Å². The number of carbonyl (C=O) groups is 2. The van der Waals surface area contributed by atoms with E-state index >= 15 is 0 Å². The summed E-state index contributed by atoms with van der Waals surface area (Å²) in [6.07, 6.45) is 1.76. The Bertz CT molecular complexity index is 1880. The molecule has 0 atom stereocenters. The first kappa shape index (κ1) is 27.0. The number of nitrogens with zero attached hydrogens (tertiary/aromatic N) is 3. The van der Waals surface area contributed by atoms with Crippen LogP contribution in [0.2, 0.25) is 10.0 Å². The maximum atomic E-state index is 13.8. The minimum absolute atomic E-state index is 0.258. The van der Waals surface area contributed by atoms with Gasteiger partial charge in [0.25, 0.3) is 11.8 Å². The summed E-state index contributed by atoms with van der Waals surface area (Å²) in [5, 5.41) is 4.01. The predicted octanol–water partition coefficient (Wildman–Crippen LogP) is 8.00. The molecule has 41 heavy (non-hydrogen) atoms. The maximum Gasteiger partial charge on any atom is 0.262 e. The smallest absolute Gasteiger partial charge is 0.262 e. The van der Waals surface area contributed by atoms with Crippen LogP contribution in [0.25, 0.3) is 21.5 Å². The Labute approximate surface area is 247 Å². The van der Waals surface area contributed by atoms with Gasteiger partial charge in [0.05, 0.1) is 21.3 Å². The van der Waals surface area contributed by atoms with Crippen LogP contribution in [-0.2, 0) is 0 Å². The Balaban J connectivity index is 1.39. The lowest BCUT2D eigenvalue weighted by Crippen LogP contribution is -2.43. The molecule has 0 bridgehead atoms. The molecule has 0 saturated carbocycles. The Morgan fingerprint density at radius 1 is 0.829 bits per heavy atom. The molecule has 5 aromatic rings. The van der Waals surface area contributed by atoms with Crippen LogP contribution in [0.1, 0.15) is 26.3 Å². The molecule has 204 valence electrons. The molecule has 0 aliphatic carbocycles. The van der Waals surface area contributed by atoms with Crippen LogP contribution in [0.4, 0.5) is 5.69 Å². The molecule has 6 rings (SSSR count). The molecule has 1 heterocycles. The molecule has 0 spiro atoms. The number of imide groups is 1. The Hall–Kier alpha value is -4.23. The van der Waals surface area contributed by atoms with Crippen molar-refractivity contribution in [3.8, 4) is 11.5 Å². The third-order valence-corrected chi connectivity index (χ3v) is 7.78. The van der Waals surface area contributed by atoms with Crippen molar-refractivity contribution >= 4 is 68.5 Å². The number of hydrogen-bond acceptors (Lipinski definition) is 5. The molecule has 1 aliphatic rings. The summed E-state index contributed by atoms with van der Waals surface area (Å²) >= 11 is 12.1. The number of amides is 2. The van der Waals surface area contributed by atoms with Gasteiger partial charge in [-0.15, -0.1) is 0 Å². The number of halogens is 2. The quantitative estimate of drug-likeness (QED) is 0.111. The van der Waals surface area contributed by atoms with Gasteiger partial charge in [0.1, 0.15) is 11.5 Å². The van der Waals surface area contributed by atoms with Crippen LogP contribution in [0.5, 0.6) is 11.5 Å². The highest BCUT2D eigenvalue weighted by atomic mass is 35.5. The van der Waals surface area contributed by atoms with Crippen LogP contribution in [-0.4, -0.2) is 55.0 Å². The monoisotopic (exact) mass is 581 g/mol. The highest BCUT2D eigenvalue weighted by molar-refractivity contribution is 6.42. The zero-order valence-electron chi connectivity index (χ0n) is 22.4. The molecule has 1 aliphatic heterocycles. The summed E-state index contributed by atoms with van der Waals surface area (Å²) in [5.74, 6) is 0.665. The third-order valence-electron chi connectivity index (χ3n) is 7.04. The second-order valence-corrected chi connectivity index (χ2v) is 10.9. The van der Waals surface area contributed by atoms with E-state index in [1.54, 1.807) is 30.5 Å². The highest BCUT2D eigenvalue weighted by Crippen LogP contribution is 2.39. The van der Waals surface area contributed by atoms with Crippen LogP contribution >= 0.6 is 23.2 Å². The summed E-state index contributed by atoms with van der Waals surface area (Å²) < 4.78 is 5.96. The van der Waals surface area contributed by atoms with E-state index in [1.807, 2.05) is 79.7 Å². The molecule has 0 saturated heterocycles. The Kier molecular flexibility index (Phi) is 7.22. The van der Waals surface area contributed by atoms with E-state index in [4.69, 9.17) is 32.9 Å². The number of fused-ring (bicyclic) bond motifs is 2. The second kappa shape index (κ2) is 11.0. The minimum Gasteiger partial charge on any atom is -0.457 e. The summed E-state index contributed by atoms with van der Waals surface area (Å²) in [4.78, 5) is 35.2. The van der Waals surface area contributed by atoms with E-state index in [0.29, 0.717) is 56.8 Å². The van der Waals surface area contributed by atoms with Gasteiger partial charge in [-0.3, -0.25) is 19.5 Å². The van der Waals surface area contributed by atoms with E-state index in [-0.39, 0.29) is 11.8 Å². The SMILES string of the molecule is CN(C)CCN1C(=O)c2cccc3cc4c(/N=C/c5cccc(Oc6ccc(Cl)c(Cl)c6)c5)cccc4c(c23)C1=O. The fraction of sp³-hybridized carbons (Fsp3) is 0.121. The fourth-order valence-electron chi connectivity index (χ4n) is 5.05. The van der Waals surface area contributed by atoms with Gasteiger partial charge in [-0.2, -0.15) is 0 Å². The minimum atomic E-state index is -0.278. The van der Waals surface area contributed by atoms with Crippen LogP contribution in [0.3, 0.4) is 0 Å². The highest BCUT2D eigenvalue weighted by Gasteiger charge is 2.34. The first-order chi connectivity index (χ1) is 19.8. The number of carbonyl (C=O) groups excluding carboxylic acids is 2. The predicted molar refractivity (Wildman–Crippen MR) is 166 cm³/mol. The molecular weight excluding hydrogens is 557 g/mol. The number of benzene rings is 5. The second-order valence-electron chi connectivity index (χ2n) is 10.1. The van der Waals surface area contributed by atoms with Gasteiger partial charge in [-0.25, -0.2) is 0 Å². The van der Waals surface area contributed by atoms with E-state index in [9.17, 15) is 9.59 Å². The Morgan fingerprint density at radius 2 is 1.61 bits per heavy atom. The van der Waals surface area contributed by atoms with Crippen molar-refractivity contribution in [3.63, 3.8) is 0 Å². The summed E-state index contributed by atoms with van der Waals surface area (Å²) in [6.45, 7) is 0.895. The maximum absolute atomic E-state index is 13.8. The fourth-order valence-corrected chi connectivity index (χ4v) is 5.34. The first-order valence-corrected chi connectivity index (χ1v) is 13.8. The van der Waals surface area contributed by atoms with Crippen LogP contribution < -0.4 is 4.74 Å². The summed E-state index contributed by atoms with van der Waals surface area (Å²) in [5.41, 5.74) is 2.64. The number of aliphatic imine (C=N–C) groups is 1. The lowest BCUT2D eigenvalue weighted by molar-refractivity contribution is 0.0602. The molecule has 0 fully saturated rings. The number of hydrogen-bond donors (Lipinski definition) is 0. The standard InChI is InChI=1S/C33H25Cl2N3O3/c1-37(2)14-15-38-32(39)25-10-4-7-21-17-26-24(31(30(21)25)33(38)40)9-5-11-29(26)36-19-20-6-3-8-22(16-20)41-23-12-13-27(34)28(35)18-23/h3-13,16-19H,14-15H2,1-2H3/b36-19+. The largest absolute Gasteiger partial charge is 0.457 e. The lowest BCUT2D eigenvalue weighted by atomic mass is 9.89. The molecule has 0 radical (unpaired) electrons. The van der Waals surface area contributed by atoms with E-state index < -0.39 is 0 Å².